The van der Waals surface area contributed by atoms with E-state index in [0.29, 0.717) is 35.7 Å². The second kappa shape index (κ2) is 9.28. The molecule has 6 N–H and O–H groups in total. The first-order valence-electron chi connectivity index (χ1n) is 10.7. The van der Waals surface area contributed by atoms with E-state index in [4.69, 9.17) is 16.2 Å². The Morgan fingerprint density at radius 2 is 2.06 bits per heavy atom. The number of hydrogen-bond donors (Lipinski definition) is 4. The topological polar surface area (TPSA) is 133 Å². The minimum absolute atomic E-state index is 0.00200. The Hall–Kier alpha value is -3.31. The molecule has 0 unspecified atom stereocenters. The normalized spacial score (nSPS) is 15.4. The summed E-state index contributed by atoms with van der Waals surface area (Å²) in [6.07, 6.45) is 3.57. The van der Waals surface area contributed by atoms with E-state index >= 15 is 0 Å². The van der Waals surface area contributed by atoms with Crippen LogP contribution in [0.3, 0.4) is 0 Å². The van der Waals surface area contributed by atoms with Crippen LogP contribution in [0, 0.1) is 17.6 Å². The van der Waals surface area contributed by atoms with Gasteiger partial charge in [0.05, 0.1) is 36.1 Å². The highest BCUT2D eigenvalue weighted by Gasteiger charge is 2.34. The minimum atomic E-state index is -0.871. The number of aromatic nitrogens is 3. The van der Waals surface area contributed by atoms with Gasteiger partial charge in [0.2, 0.25) is 0 Å². The summed E-state index contributed by atoms with van der Waals surface area (Å²) in [5.74, 6) is -1.83. The van der Waals surface area contributed by atoms with Crippen molar-refractivity contribution in [3.8, 4) is 0 Å². The maximum Gasteiger partial charge on any atom is 0.252 e. The summed E-state index contributed by atoms with van der Waals surface area (Å²) in [5, 5.41) is 10.9. The number of halogens is 2. The third kappa shape index (κ3) is 4.88. The molecule has 0 spiro atoms. The maximum atomic E-state index is 14.8. The van der Waals surface area contributed by atoms with Gasteiger partial charge in [-0.1, -0.05) is 0 Å². The molecule has 2 heterocycles. The molecule has 0 bridgehead atoms. The molecule has 9 nitrogen and oxygen atoms in total. The molecule has 4 rings (SSSR count). The molecule has 1 aliphatic carbocycles. The Morgan fingerprint density at radius 3 is 2.70 bits per heavy atom. The van der Waals surface area contributed by atoms with E-state index in [9.17, 15) is 13.6 Å². The van der Waals surface area contributed by atoms with Gasteiger partial charge in [0.15, 0.2) is 11.6 Å². The van der Waals surface area contributed by atoms with E-state index in [1.807, 2.05) is 6.92 Å². The highest BCUT2D eigenvalue weighted by Crippen LogP contribution is 2.36. The first kappa shape index (κ1) is 22.9. The number of methoxy groups -OCH3 is 1. The summed E-state index contributed by atoms with van der Waals surface area (Å²) >= 11 is 0. The van der Waals surface area contributed by atoms with Crippen molar-refractivity contribution in [1.82, 2.24) is 14.8 Å². The number of nitrogens with one attached hydrogen (secondary N) is 2. The van der Waals surface area contributed by atoms with Gasteiger partial charge in [-0.2, -0.15) is 5.10 Å². The summed E-state index contributed by atoms with van der Waals surface area (Å²) in [6, 6.07) is 3.23. The van der Waals surface area contributed by atoms with Gasteiger partial charge < -0.3 is 26.8 Å². The number of ether oxygens (including phenoxy) is 1. The van der Waals surface area contributed by atoms with E-state index in [1.165, 1.54) is 12.1 Å². The summed E-state index contributed by atoms with van der Waals surface area (Å²) in [7, 11) is 1.57. The average molecular weight is 460 g/mol. The van der Waals surface area contributed by atoms with Crippen LogP contribution in [-0.4, -0.2) is 46.5 Å². The Morgan fingerprint density at radius 1 is 1.30 bits per heavy atom. The van der Waals surface area contributed by atoms with E-state index < -0.39 is 17.5 Å². The number of anilines is 3. The third-order valence-corrected chi connectivity index (χ3v) is 5.73. The van der Waals surface area contributed by atoms with E-state index in [-0.39, 0.29) is 29.3 Å². The molecule has 1 saturated carbocycles. The van der Waals surface area contributed by atoms with Gasteiger partial charge in [-0.3, -0.25) is 9.48 Å². The van der Waals surface area contributed by atoms with Crippen LogP contribution in [0.4, 0.5) is 26.1 Å². The van der Waals surface area contributed by atoms with Crippen molar-refractivity contribution in [3.05, 3.63) is 41.6 Å². The van der Waals surface area contributed by atoms with E-state index in [1.54, 1.807) is 18.0 Å². The number of rotatable bonds is 10. The molecule has 0 saturated heterocycles. The molecule has 1 amide bonds. The van der Waals surface area contributed by atoms with Crippen LogP contribution < -0.4 is 22.1 Å². The van der Waals surface area contributed by atoms with Crippen LogP contribution in [0.2, 0.25) is 0 Å². The molecule has 0 radical (unpaired) electrons. The van der Waals surface area contributed by atoms with Crippen molar-refractivity contribution in [3.63, 3.8) is 0 Å². The fourth-order valence-electron chi connectivity index (χ4n) is 3.89. The molecule has 1 aromatic carbocycles. The summed E-state index contributed by atoms with van der Waals surface area (Å²) < 4.78 is 35.9. The number of nitrogens with zero attached hydrogens (tertiary/aromatic N) is 3. The highest BCUT2D eigenvalue weighted by atomic mass is 19.1. The lowest BCUT2D eigenvalue weighted by Crippen LogP contribution is -2.40. The van der Waals surface area contributed by atoms with Gasteiger partial charge in [0, 0.05) is 24.6 Å². The number of amides is 1. The number of hydrogen-bond acceptors (Lipinski definition) is 7. The number of primary amides is 1. The van der Waals surface area contributed by atoms with Crippen LogP contribution in [0.15, 0.2) is 24.4 Å². The fraction of sp³-hybridized carbons (Fsp3) is 0.409. The van der Waals surface area contributed by atoms with E-state index in [2.05, 4.69) is 20.7 Å². The van der Waals surface area contributed by atoms with Crippen molar-refractivity contribution in [2.75, 3.05) is 24.4 Å². The van der Waals surface area contributed by atoms with Crippen LogP contribution in [0.25, 0.3) is 10.9 Å². The largest absolute Gasteiger partial charge is 0.383 e. The first-order chi connectivity index (χ1) is 15.8. The van der Waals surface area contributed by atoms with Crippen molar-refractivity contribution in [2.45, 2.75) is 38.4 Å². The van der Waals surface area contributed by atoms with Gasteiger partial charge >= 0.3 is 0 Å². The molecule has 1 fully saturated rings. The molecular weight excluding hydrogens is 432 g/mol. The number of carbonyl (C=O) groups excluding carboxylic acids is 1. The van der Waals surface area contributed by atoms with Gasteiger partial charge in [-0.15, -0.1) is 0 Å². The van der Waals surface area contributed by atoms with Gasteiger partial charge in [-0.25, -0.2) is 13.8 Å². The van der Waals surface area contributed by atoms with Crippen LogP contribution >= 0.6 is 0 Å². The molecule has 0 aliphatic heterocycles. The lowest BCUT2D eigenvalue weighted by atomic mass is 10.1. The lowest BCUT2D eigenvalue weighted by molar-refractivity contribution is 0.100. The molecule has 176 valence electrons. The van der Waals surface area contributed by atoms with Gasteiger partial charge in [0.1, 0.15) is 11.6 Å². The quantitative estimate of drug-likeness (QED) is 0.366. The van der Waals surface area contributed by atoms with Crippen molar-refractivity contribution < 1.29 is 18.3 Å². The number of nitrogens with two attached hydrogens (primary N) is 2. The van der Waals surface area contributed by atoms with Crippen LogP contribution in [-0.2, 0) is 11.3 Å². The Kier molecular flexibility index (Phi) is 6.43. The fourth-order valence-corrected chi connectivity index (χ4v) is 3.89. The number of carbonyl (C=O) groups is 1. The standard InChI is InChI=1S/C22H27F2N7O2/c1-11(25)19(12-3-4-12)29-22-16(24)9-14(20(26)32)21(30-22)28-17-7-13(23)8-18-15(17)10-27-31(18)5-6-33-2/h7-12,19H,3-6,25H2,1-2H3,(H2,26,32)(H2,28,29,30)/t11-,19-/m0/s1. The smallest absolute Gasteiger partial charge is 0.252 e. The Labute approximate surface area is 189 Å². The second-order valence-corrected chi connectivity index (χ2v) is 8.32. The summed E-state index contributed by atoms with van der Waals surface area (Å²) in [4.78, 5) is 16.3. The highest BCUT2D eigenvalue weighted by molar-refractivity contribution is 6.00. The van der Waals surface area contributed by atoms with Crippen molar-refractivity contribution >= 4 is 34.1 Å². The molecule has 11 heteroatoms. The van der Waals surface area contributed by atoms with Crippen LogP contribution in [0.5, 0.6) is 0 Å². The van der Waals surface area contributed by atoms with Gasteiger partial charge in [-0.05, 0) is 43.9 Å². The van der Waals surface area contributed by atoms with Crippen molar-refractivity contribution in [2.24, 2.45) is 17.4 Å². The van der Waals surface area contributed by atoms with Crippen molar-refractivity contribution in [1.29, 1.82) is 0 Å². The zero-order valence-corrected chi connectivity index (χ0v) is 18.4. The zero-order chi connectivity index (χ0) is 23.7. The molecule has 2 atom stereocenters. The predicted molar refractivity (Wildman–Crippen MR) is 121 cm³/mol. The van der Waals surface area contributed by atoms with Gasteiger partial charge in [0.25, 0.3) is 5.91 Å². The molecule has 3 aromatic rings. The molecule has 1 aliphatic rings. The third-order valence-electron chi connectivity index (χ3n) is 5.73. The first-order valence-corrected chi connectivity index (χ1v) is 10.7. The molecular formula is C22H27F2N7O2. The molecule has 2 aromatic heterocycles. The average Bonchev–Trinajstić information content (AvgIpc) is 3.51. The predicted octanol–water partition coefficient (Wildman–Crippen LogP) is 2.74. The van der Waals surface area contributed by atoms with E-state index in [0.717, 1.165) is 18.9 Å². The minimum Gasteiger partial charge on any atom is -0.383 e. The molecule has 33 heavy (non-hydrogen) atoms. The SMILES string of the molecule is COCCn1ncc2c(Nc3nc(N[C@H](C4CC4)[C@H](C)N)c(F)cc3C(N)=O)cc(F)cc21. The monoisotopic (exact) mass is 459 g/mol. The summed E-state index contributed by atoms with van der Waals surface area (Å²) in [5.41, 5.74) is 12.2. The Balaban J connectivity index is 1.73. The lowest BCUT2D eigenvalue weighted by Gasteiger charge is -2.23. The number of fused-ring (bicyclic) bond motifs is 1. The number of pyridine rings is 1. The summed E-state index contributed by atoms with van der Waals surface area (Å²) in [6.45, 7) is 2.67. The zero-order valence-electron chi connectivity index (χ0n) is 18.4. The maximum absolute atomic E-state index is 14.8. The Bertz CT molecular complexity index is 1180. The second-order valence-electron chi connectivity index (χ2n) is 8.32. The number of benzene rings is 1. The van der Waals surface area contributed by atoms with Crippen LogP contribution in [0.1, 0.15) is 30.1 Å².